The Kier molecular flexibility index (Phi) is 4.72. The number of nitrogens with zero attached hydrogens (tertiary/aromatic N) is 4. The lowest BCUT2D eigenvalue weighted by molar-refractivity contribution is 0.0571. The number of halogens is 1. The van der Waals surface area contributed by atoms with Gasteiger partial charge < -0.3 is 9.72 Å². The van der Waals surface area contributed by atoms with Crippen molar-refractivity contribution in [2.75, 3.05) is 20.2 Å². The van der Waals surface area contributed by atoms with Gasteiger partial charge in [0.05, 0.1) is 11.6 Å². The minimum absolute atomic E-state index is 0.0408. The Balaban J connectivity index is 1.84. The van der Waals surface area contributed by atoms with Crippen molar-refractivity contribution < 1.29 is 17.5 Å². The number of aryl methyl sites for hydroxylation is 2. The highest BCUT2D eigenvalue weighted by molar-refractivity contribution is 7.89. The van der Waals surface area contributed by atoms with E-state index >= 15 is 0 Å². The van der Waals surface area contributed by atoms with Crippen molar-refractivity contribution in [3.05, 3.63) is 29.8 Å². The van der Waals surface area contributed by atoms with Crippen molar-refractivity contribution in [3.63, 3.8) is 0 Å². The van der Waals surface area contributed by atoms with Crippen LogP contribution in [0.25, 0.3) is 22.3 Å². The van der Waals surface area contributed by atoms with Crippen LogP contribution in [0.2, 0.25) is 0 Å². The average molecular weight is 407 g/mol. The largest absolute Gasteiger partial charge is 0.380 e. The van der Waals surface area contributed by atoms with Gasteiger partial charge in [-0.15, -0.1) is 0 Å². The van der Waals surface area contributed by atoms with E-state index in [1.165, 1.54) is 16.4 Å². The third-order valence-corrected chi connectivity index (χ3v) is 6.94. The van der Waals surface area contributed by atoms with Crippen LogP contribution in [0.4, 0.5) is 4.39 Å². The first-order valence-corrected chi connectivity index (χ1v) is 10.5. The zero-order chi connectivity index (χ0) is 20.1. The molecule has 150 valence electrons. The summed E-state index contributed by atoms with van der Waals surface area (Å²) in [5, 5.41) is 4.70. The van der Waals surface area contributed by atoms with Crippen LogP contribution in [0.1, 0.15) is 18.4 Å². The molecule has 1 aliphatic heterocycles. The predicted octanol–water partition coefficient (Wildman–Crippen LogP) is 2.21. The number of fused-ring (bicyclic) bond motifs is 1. The maximum atomic E-state index is 14.6. The van der Waals surface area contributed by atoms with Crippen LogP contribution in [0.15, 0.2) is 23.5 Å². The summed E-state index contributed by atoms with van der Waals surface area (Å²) in [7, 11) is -0.490. The summed E-state index contributed by atoms with van der Waals surface area (Å²) < 4.78 is 49.2. The molecule has 1 aromatic carbocycles. The maximum Gasteiger partial charge on any atom is 0.258 e. The number of hydrogen-bond acceptors (Lipinski definition) is 5. The first-order valence-electron chi connectivity index (χ1n) is 9.02. The molecule has 0 aliphatic carbocycles. The lowest BCUT2D eigenvalue weighted by atomic mass is 10.0. The van der Waals surface area contributed by atoms with E-state index in [1.807, 2.05) is 0 Å². The summed E-state index contributed by atoms with van der Waals surface area (Å²) in [6, 6.07) is 2.84. The molecule has 0 unspecified atom stereocenters. The molecule has 1 fully saturated rings. The first kappa shape index (κ1) is 19.0. The number of hydrogen-bond donors (Lipinski definition) is 1. The zero-order valence-electron chi connectivity index (χ0n) is 15.9. The minimum atomic E-state index is -3.81. The van der Waals surface area contributed by atoms with Crippen LogP contribution in [0, 0.1) is 12.7 Å². The quantitative estimate of drug-likeness (QED) is 0.716. The highest BCUT2D eigenvalue weighted by Gasteiger charge is 2.32. The number of rotatable bonds is 4. The van der Waals surface area contributed by atoms with E-state index in [-0.39, 0.29) is 23.2 Å². The van der Waals surface area contributed by atoms with E-state index in [9.17, 15) is 12.8 Å². The molecule has 8 nitrogen and oxygen atoms in total. The average Bonchev–Trinajstić information content (AvgIpc) is 3.29. The molecule has 1 atom stereocenters. The molecular weight excluding hydrogens is 385 g/mol. The van der Waals surface area contributed by atoms with Crippen molar-refractivity contribution >= 4 is 20.9 Å². The van der Waals surface area contributed by atoms with Gasteiger partial charge >= 0.3 is 0 Å². The van der Waals surface area contributed by atoms with Gasteiger partial charge in [0.15, 0.2) is 5.82 Å². The SMILES string of the molecule is CO[C@@H]1CCCN(S(=O)(=O)c2cc3c(-c4ncn(C)n4)c(C)cc(F)c3[nH]2)C1. The fourth-order valence-corrected chi connectivity index (χ4v) is 5.21. The Hall–Kier alpha value is -2.30. The van der Waals surface area contributed by atoms with Crippen LogP contribution in [0.3, 0.4) is 0 Å². The molecule has 0 spiro atoms. The fraction of sp³-hybridized carbons (Fsp3) is 0.444. The molecule has 0 radical (unpaired) electrons. The summed E-state index contributed by atoms with van der Waals surface area (Å²) in [4.78, 5) is 7.02. The minimum Gasteiger partial charge on any atom is -0.380 e. The van der Waals surface area contributed by atoms with E-state index in [0.717, 1.165) is 6.42 Å². The first-order chi connectivity index (χ1) is 13.3. The molecular formula is C18H22FN5O3S. The molecule has 0 saturated carbocycles. The van der Waals surface area contributed by atoms with Gasteiger partial charge in [0.1, 0.15) is 17.2 Å². The second kappa shape index (κ2) is 6.94. The second-order valence-corrected chi connectivity index (χ2v) is 8.98. The Labute approximate surface area is 162 Å². The zero-order valence-corrected chi connectivity index (χ0v) is 16.8. The highest BCUT2D eigenvalue weighted by Crippen LogP contribution is 2.34. The normalized spacial score (nSPS) is 18.8. The summed E-state index contributed by atoms with van der Waals surface area (Å²) in [6.45, 7) is 2.45. The monoisotopic (exact) mass is 407 g/mol. The van der Waals surface area contributed by atoms with Crippen LogP contribution in [-0.2, 0) is 21.8 Å². The van der Waals surface area contributed by atoms with Gasteiger partial charge in [-0.25, -0.2) is 17.8 Å². The van der Waals surface area contributed by atoms with E-state index in [0.29, 0.717) is 35.3 Å². The number of nitrogens with one attached hydrogen (secondary N) is 1. The number of aromatic nitrogens is 4. The lowest BCUT2D eigenvalue weighted by Crippen LogP contribution is -2.42. The maximum absolute atomic E-state index is 14.6. The van der Waals surface area contributed by atoms with Gasteiger partial charge in [0.2, 0.25) is 0 Å². The molecule has 1 saturated heterocycles. The molecule has 28 heavy (non-hydrogen) atoms. The van der Waals surface area contributed by atoms with Gasteiger partial charge in [-0.1, -0.05) is 0 Å². The van der Waals surface area contributed by atoms with E-state index < -0.39 is 15.8 Å². The topological polar surface area (TPSA) is 93.1 Å². The summed E-state index contributed by atoms with van der Waals surface area (Å²) in [5.74, 6) is -0.0904. The third kappa shape index (κ3) is 3.11. The molecule has 4 rings (SSSR count). The number of aromatic amines is 1. The predicted molar refractivity (Wildman–Crippen MR) is 102 cm³/mol. The molecule has 2 aromatic heterocycles. The van der Waals surface area contributed by atoms with Gasteiger partial charge in [-0.2, -0.15) is 9.40 Å². The molecule has 3 aromatic rings. The van der Waals surface area contributed by atoms with Gasteiger partial charge in [0.25, 0.3) is 10.0 Å². The van der Waals surface area contributed by atoms with E-state index in [4.69, 9.17) is 4.74 Å². The van der Waals surface area contributed by atoms with Gasteiger partial charge in [-0.05, 0) is 37.5 Å². The summed E-state index contributed by atoms with van der Waals surface area (Å²) in [5.41, 5.74) is 1.38. The fourth-order valence-electron chi connectivity index (χ4n) is 3.71. The molecule has 3 heterocycles. The standard InChI is InChI=1S/C18H22FN5O3S/c1-11-7-14(19)17-13(16(11)18-20-10-23(2)22-18)8-15(21-17)28(25,26)24-6-4-5-12(9-24)27-3/h7-8,10,12,21H,4-6,9H2,1-3H3/t12-/m1/s1. The number of sulfonamides is 1. The van der Waals surface area contributed by atoms with Crippen molar-refractivity contribution in [2.45, 2.75) is 30.9 Å². The molecule has 0 amide bonds. The smallest absolute Gasteiger partial charge is 0.258 e. The molecule has 10 heteroatoms. The van der Waals surface area contributed by atoms with Crippen molar-refractivity contribution in [1.29, 1.82) is 0 Å². The number of methoxy groups -OCH3 is 1. The Morgan fingerprint density at radius 1 is 1.36 bits per heavy atom. The molecule has 0 bridgehead atoms. The van der Waals surface area contributed by atoms with Crippen molar-refractivity contribution in [2.24, 2.45) is 7.05 Å². The van der Waals surface area contributed by atoms with Crippen molar-refractivity contribution in [1.82, 2.24) is 24.1 Å². The van der Waals surface area contributed by atoms with Crippen LogP contribution in [0.5, 0.6) is 0 Å². The summed E-state index contributed by atoms with van der Waals surface area (Å²) in [6.07, 6.45) is 2.94. The number of H-pyrrole nitrogens is 1. The Morgan fingerprint density at radius 2 is 2.14 bits per heavy atom. The highest BCUT2D eigenvalue weighted by atomic mass is 32.2. The second-order valence-electron chi connectivity index (χ2n) is 7.08. The Bertz CT molecular complexity index is 1140. The molecule has 1 aliphatic rings. The number of benzene rings is 1. The lowest BCUT2D eigenvalue weighted by Gasteiger charge is -2.30. The van der Waals surface area contributed by atoms with Gasteiger partial charge in [0, 0.05) is 38.2 Å². The number of piperidine rings is 1. The van der Waals surface area contributed by atoms with E-state index in [2.05, 4.69) is 15.1 Å². The van der Waals surface area contributed by atoms with Crippen LogP contribution < -0.4 is 0 Å². The molecule has 1 N–H and O–H groups in total. The van der Waals surface area contributed by atoms with Crippen LogP contribution >= 0.6 is 0 Å². The van der Waals surface area contributed by atoms with Gasteiger partial charge in [-0.3, -0.25) is 4.68 Å². The van der Waals surface area contributed by atoms with Crippen molar-refractivity contribution in [3.8, 4) is 11.4 Å². The van der Waals surface area contributed by atoms with Crippen LogP contribution in [-0.4, -0.2) is 58.8 Å². The number of ether oxygens (including phenoxy) is 1. The Morgan fingerprint density at radius 3 is 2.82 bits per heavy atom. The van der Waals surface area contributed by atoms with E-state index in [1.54, 1.807) is 32.1 Å². The third-order valence-electron chi connectivity index (χ3n) is 5.15. The summed E-state index contributed by atoms with van der Waals surface area (Å²) >= 11 is 0.